The Morgan fingerprint density at radius 3 is 2.56 bits per heavy atom. The molecule has 0 rings (SSSR count). The summed E-state index contributed by atoms with van der Waals surface area (Å²) in [6.45, 7) is 6.84. The quantitative estimate of drug-likeness (QED) is 0.606. The van der Waals surface area contributed by atoms with E-state index in [-0.39, 0.29) is 12.0 Å². The van der Waals surface area contributed by atoms with Crippen LogP contribution in [0.2, 0.25) is 0 Å². The second kappa shape index (κ2) is 9.60. The van der Waals surface area contributed by atoms with Crippen molar-refractivity contribution < 1.29 is 9.53 Å². The maximum atomic E-state index is 11.5. The maximum Gasteiger partial charge on any atom is 0.324 e. The Morgan fingerprint density at radius 1 is 1.38 bits per heavy atom. The SMILES string of the molecule is CCCCN(C)CC(NCCC)C(=O)OC. The molecule has 0 fully saturated rings. The van der Waals surface area contributed by atoms with Gasteiger partial charge in [0.15, 0.2) is 0 Å². The van der Waals surface area contributed by atoms with E-state index in [0.717, 1.165) is 25.9 Å². The van der Waals surface area contributed by atoms with Gasteiger partial charge in [-0.1, -0.05) is 20.3 Å². The zero-order valence-corrected chi connectivity index (χ0v) is 11.1. The molecule has 0 aliphatic rings. The van der Waals surface area contributed by atoms with Gasteiger partial charge >= 0.3 is 5.97 Å². The van der Waals surface area contributed by atoms with Gasteiger partial charge in [0.2, 0.25) is 0 Å². The predicted octanol–water partition coefficient (Wildman–Crippen LogP) is 1.26. The van der Waals surface area contributed by atoms with Crippen LogP contribution < -0.4 is 5.32 Å². The number of hydrogen-bond donors (Lipinski definition) is 1. The summed E-state index contributed by atoms with van der Waals surface area (Å²) in [7, 11) is 3.48. The van der Waals surface area contributed by atoms with E-state index in [1.54, 1.807) is 0 Å². The Morgan fingerprint density at radius 2 is 2.06 bits per heavy atom. The van der Waals surface area contributed by atoms with Crippen molar-refractivity contribution in [3.63, 3.8) is 0 Å². The van der Waals surface area contributed by atoms with Crippen LogP contribution in [0.1, 0.15) is 33.1 Å². The smallest absolute Gasteiger partial charge is 0.324 e. The highest BCUT2D eigenvalue weighted by Gasteiger charge is 2.19. The minimum absolute atomic E-state index is 0.170. The number of unbranched alkanes of at least 4 members (excludes halogenated alkanes) is 1. The first-order valence-electron chi connectivity index (χ1n) is 6.15. The lowest BCUT2D eigenvalue weighted by Gasteiger charge is -2.23. The van der Waals surface area contributed by atoms with E-state index < -0.39 is 0 Å². The van der Waals surface area contributed by atoms with Crippen LogP contribution in [0.5, 0.6) is 0 Å². The summed E-state index contributed by atoms with van der Waals surface area (Å²) >= 11 is 0. The van der Waals surface area contributed by atoms with Crippen molar-refractivity contribution in [1.82, 2.24) is 10.2 Å². The van der Waals surface area contributed by atoms with Crippen LogP contribution in [-0.4, -0.2) is 50.7 Å². The molecule has 96 valence electrons. The van der Waals surface area contributed by atoms with Crippen LogP contribution in [0, 0.1) is 0 Å². The number of likely N-dealkylation sites (N-methyl/N-ethyl adjacent to an activating group) is 1. The van der Waals surface area contributed by atoms with E-state index in [1.165, 1.54) is 13.5 Å². The summed E-state index contributed by atoms with van der Waals surface area (Å²) in [5.41, 5.74) is 0. The fraction of sp³-hybridized carbons (Fsp3) is 0.917. The fourth-order valence-electron chi connectivity index (χ4n) is 1.51. The molecule has 0 aromatic rings. The number of carbonyl (C=O) groups is 1. The number of methoxy groups -OCH3 is 1. The average molecular weight is 230 g/mol. The average Bonchev–Trinajstić information content (AvgIpc) is 2.30. The number of carbonyl (C=O) groups excluding carboxylic acids is 1. The van der Waals surface area contributed by atoms with Gasteiger partial charge in [0.1, 0.15) is 6.04 Å². The number of nitrogens with one attached hydrogen (secondary N) is 1. The molecule has 0 aromatic heterocycles. The lowest BCUT2D eigenvalue weighted by Crippen LogP contribution is -2.46. The van der Waals surface area contributed by atoms with Gasteiger partial charge in [-0.05, 0) is 33.0 Å². The molecule has 4 nitrogen and oxygen atoms in total. The Hall–Kier alpha value is -0.610. The molecule has 0 aliphatic carbocycles. The third kappa shape index (κ3) is 6.80. The second-order valence-corrected chi connectivity index (χ2v) is 4.15. The van der Waals surface area contributed by atoms with Gasteiger partial charge in [-0.3, -0.25) is 4.79 Å². The minimum atomic E-state index is -0.202. The van der Waals surface area contributed by atoms with Crippen molar-refractivity contribution in [2.75, 3.05) is 33.8 Å². The zero-order valence-electron chi connectivity index (χ0n) is 11.1. The van der Waals surface area contributed by atoms with Crippen molar-refractivity contribution in [3.05, 3.63) is 0 Å². The highest BCUT2D eigenvalue weighted by molar-refractivity contribution is 5.75. The van der Waals surface area contributed by atoms with Gasteiger partial charge in [-0.25, -0.2) is 0 Å². The van der Waals surface area contributed by atoms with Crippen LogP contribution in [0.15, 0.2) is 0 Å². The molecule has 0 saturated heterocycles. The van der Waals surface area contributed by atoms with Gasteiger partial charge in [-0.15, -0.1) is 0 Å². The van der Waals surface area contributed by atoms with Gasteiger partial charge in [0.05, 0.1) is 7.11 Å². The Bertz CT molecular complexity index is 186. The van der Waals surface area contributed by atoms with Crippen molar-refractivity contribution in [2.24, 2.45) is 0 Å². The first kappa shape index (κ1) is 15.4. The van der Waals surface area contributed by atoms with Crippen molar-refractivity contribution in [3.8, 4) is 0 Å². The molecule has 1 unspecified atom stereocenters. The second-order valence-electron chi connectivity index (χ2n) is 4.15. The molecule has 4 heteroatoms. The minimum Gasteiger partial charge on any atom is -0.468 e. The van der Waals surface area contributed by atoms with Crippen molar-refractivity contribution in [1.29, 1.82) is 0 Å². The Labute approximate surface area is 99.3 Å². The van der Waals surface area contributed by atoms with Gasteiger partial charge in [0.25, 0.3) is 0 Å². The summed E-state index contributed by atoms with van der Waals surface area (Å²) < 4.78 is 4.79. The fourth-order valence-corrected chi connectivity index (χ4v) is 1.51. The lowest BCUT2D eigenvalue weighted by molar-refractivity contribution is -0.143. The third-order valence-electron chi connectivity index (χ3n) is 2.51. The number of hydrogen-bond acceptors (Lipinski definition) is 4. The Balaban J connectivity index is 4.03. The predicted molar refractivity (Wildman–Crippen MR) is 66.5 cm³/mol. The van der Waals surface area contributed by atoms with Crippen LogP contribution in [0.4, 0.5) is 0 Å². The molecule has 0 spiro atoms. The monoisotopic (exact) mass is 230 g/mol. The zero-order chi connectivity index (χ0) is 12.4. The van der Waals surface area contributed by atoms with E-state index in [2.05, 4.69) is 24.1 Å². The van der Waals surface area contributed by atoms with Gasteiger partial charge in [0, 0.05) is 6.54 Å². The number of ether oxygens (including phenoxy) is 1. The summed E-state index contributed by atoms with van der Waals surface area (Å²) in [6.07, 6.45) is 3.36. The first-order valence-corrected chi connectivity index (χ1v) is 6.15. The van der Waals surface area contributed by atoms with Gasteiger partial charge in [-0.2, -0.15) is 0 Å². The Kier molecular flexibility index (Phi) is 9.24. The first-order chi connectivity index (χ1) is 7.65. The highest BCUT2D eigenvalue weighted by atomic mass is 16.5. The summed E-state index contributed by atoms with van der Waals surface area (Å²) in [6, 6.07) is -0.202. The molecule has 0 aliphatic heterocycles. The molecule has 1 atom stereocenters. The van der Waals surface area contributed by atoms with Crippen LogP contribution >= 0.6 is 0 Å². The molecule has 0 bridgehead atoms. The summed E-state index contributed by atoms with van der Waals surface area (Å²) in [4.78, 5) is 13.7. The van der Waals surface area contributed by atoms with Gasteiger partial charge < -0.3 is 15.0 Å². The molecule has 16 heavy (non-hydrogen) atoms. The van der Waals surface area contributed by atoms with Crippen LogP contribution in [0.25, 0.3) is 0 Å². The molecule has 0 amide bonds. The number of rotatable bonds is 9. The van der Waals surface area contributed by atoms with E-state index in [4.69, 9.17) is 4.74 Å². The topological polar surface area (TPSA) is 41.6 Å². The molecular formula is C12H26N2O2. The highest BCUT2D eigenvalue weighted by Crippen LogP contribution is 1.96. The van der Waals surface area contributed by atoms with Crippen LogP contribution in [0.3, 0.4) is 0 Å². The largest absolute Gasteiger partial charge is 0.468 e. The van der Waals surface area contributed by atoms with E-state index in [9.17, 15) is 4.79 Å². The molecule has 0 saturated carbocycles. The summed E-state index contributed by atoms with van der Waals surface area (Å²) in [5.74, 6) is -0.170. The third-order valence-corrected chi connectivity index (χ3v) is 2.51. The standard InChI is InChI=1S/C12H26N2O2/c1-5-7-9-14(3)10-11(12(15)16-4)13-8-6-2/h11,13H,5-10H2,1-4H3. The maximum absolute atomic E-state index is 11.5. The van der Waals surface area contributed by atoms with Crippen molar-refractivity contribution in [2.45, 2.75) is 39.2 Å². The lowest BCUT2D eigenvalue weighted by atomic mass is 10.2. The molecule has 1 N–H and O–H groups in total. The van der Waals surface area contributed by atoms with Crippen LogP contribution in [-0.2, 0) is 9.53 Å². The van der Waals surface area contributed by atoms with E-state index >= 15 is 0 Å². The normalized spacial score (nSPS) is 12.8. The molecule has 0 heterocycles. The number of esters is 1. The summed E-state index contributed by atoms with van der Waals surface area (Å²) in [5, 5.41) is 3.21. The van der Waals surface area contributed by atoms with Crippen molar-refractivity contribution >= 4 is 5.97 Å². The molecule has 0 radical (unpaired) electrons. The van der Waals surface area contributed by atoms with E-state index in [1.807, 2.05) is 7.05 Å². The van der Waals surface area contributed by atoms with E-state index in [0.29, 0.717) is 6.54 Å². The molecule has 0 aromatic carbocycles. The number of nitrogens with zero attached hydrogens (tertiary/aromatic N) is 1. The molecular weight excluding hydrogens is 204 g/mol.